The zero-order valence-corrected chi connectivity index (χ0v) is 21.8. The highest BCUT2D eigenvalue weighted by atomic mass is 19.3. The van der Waals surface area contributed by atoms with Gasteiger partial charge in [-0.05, 0) is 54.5 Å². The number of hydrogen-bond donors (Lipinski definition) is 1. The van der Waals surface area contributed by atoms with Crippen LogP contribution < -0.4 is 14.8 Å². The first-order chi connectivity index (χ1) is 18.7. The number of rotatable bonds is 11. The van der Waals surface area contributed by atoms with E-state index in [4.69, 9.17) is 4.74 Å². The van der Waals surface area contributed by atoms with Crippen LogP contribution in [0.2, 0.25) is 0 Å². The summed E-state index contributed by atoms with van der Waals surface area (Å²) < 4.78 is 42.7. The van der Waals surface area contributed by atoms with Crippen molar-refractivity contribution in [2.45, 2.75) is 55.6 Å². The van der Waals surface area contributed by atoms with E-state index in [9.17, 15) is 13.6 Å². The molecule has 1 aromatic carbocycles. The van der Waals surface area contributed by atoms with Crippen molar-refractivity contribution in [3.8, 4) is 11.5 Å². The van der Waals surface area contributed by atoms with Gasteiger partial charge in [0, 0.05) is 6.04 Å². The van der Waals surface area contributed by atoms with Crippen LogP contribution in [0.4, 0.5) is 8.78 Å². The summed E-state index contributed by atoms with van der Waals surface area (Å²) >= 11 is 0. The van der Waals surface area contributed by atoms with Gasteiger partial charge in [-0.1, -0.05) is 93.1 Å². The maximum absolute atomic E-state index is 13.7. The molecule has 3 atom stereocenters. The Bertz CT molecular complexity index is 1270. The number of fused-ring (bicyclic) bond motifs is 1. The molecule has 2 heterocycles. The molecule has 4 rings (SSSR count). The Morgan fingerprint density at radius 1 is 0.897 bits per heavy atom. The Morgan fingerprint density at radius 3 is 2.23 bits per heavy atom. The zero-order valence-electron chi connectivity index (χ0n) is 21.8. The largest absolute Gasteiger partial charge is 0.586 e. The van der Waals surface area contributed by atoms with E-state index in [2.05, 4.69) is 41.1 Å². The highest BCUT2D eigenvalue weighted by Crippen LogP contribution is 2.52. The van der Waals surface area contributed by atoms with Crippen molar-refractivity contribution < 1.29 is 27.8 Å². The lowest BCUT2D eigenvalue weighted by Gasteiger charge is -2.37. The van der Waals surface area contributed by atoms with Gasteiger partial charge in [-0.3, -0.25) is 4.79 Å². The molecule has 1 aromatic rings. The molecule has 0 bridgehead atoms. The van der Waals surface area contributed by atoms with Gasteiger partial charge in [0.1, 0.15) is 0 Å². The van der Waals surface area contributed by atoms with E-state index in [1.54, 1.807) is 30.4 Å². The second kappa shape index (κ2) is 11.8. The average molecular weight is 534 g/mol. The Hall–Kier alpha value is -3.97. The normalized spacial score (nSPS) is 25.3. The summed E-state index contributed by atoms with van der Waals surface area (Å²) in [5.74, 6) is -0.258. The zero-order chi connectivity index (χ0) is 28.0. The van der Waals surface area contributed by atoms with Gasteiger partial charge in [0.05, 0.1) is 17.6 Å². The number of ether oxygens (including phenoxy) is 3. The molecule has 0 aromatic heterocycles. The van der Waals surface area contributed by atoms with Crippen LogP contribution in [0, 0.1) is 0 Å². The molecule has 1 saturated heterocycles. The molecule has 7 heteroatoms. The van der Waals surface area contributed by atoms with E-state index < -0.39 is 11.7 Å². The molecule has 2 fully saturated rings. The Morgan fingerprint density at radius 2 is 1.59 bits per heavy atom. The van der Waals surface area contributed by atoms with Crippen molar-refractivity contribution >= 4 is 5.91 Å². The Kier molecular flexibility index (Phi) is 8.51. The van der Waals surface area contributed by atoms with Gasteiger partial charge >= 0.3 is 6.29 Å². The number of hydrogen-bond acceptors (Lipinski definition) is 4. The minimum atomic E-state index is -3.71. The SMILES string of the molecule is C=C/C=C\C=C(/C=C)[C@H]1C[C@@H](NC(=O)C2(c3ccc4c(c3)OC(F)(F)O4)CC2)C[C@@H](C(/C=C\C=C)=C/C=C)O1. The highest BCUT2D eigenvalue weighted by Gasteiger charge is 2.53. The standard InChI is InChI=1S/C32H33F2NO4/c1-5-9-11-14-22(8-4)27-20-25(21-28(37-27)23(12-7-3)13-10-6-2)35-30(36)31(17-18-31)24-15-16-26-29(19-24)39-32(33,34)38-26/h5-16,19,25,27-28H,1-4,17-18,20-21H2,(H,35,36)/b11-9-,13-10-,22-14+,23-12+/t25-,27-,28+/m1/s1. The molecule has 1 N–H and O–H groups in total. The fourth-order valence-corrected chi connectivity index (χ4v) is 4.95. The number of alkyl halides is 2. The molecule has 1 aliphatic carbocycles. The summed E-state index contributed by atoms with van der Waals surface area (Å²) in [4.78, 5) is 13.7. The maximum Gasteiger partial charge on any atom is 0.586 e. The van der Waals surface area contributed by atoms with E-state index in [1.807, 2.05) is 36.5 Å². The maximum atomic E-state index is 13.7. The predicted octanol–water partition coefficient (Wildman–Crippen LogP) is 6.78. The van der Waals surface area contributed by atoms with Crippen molar-refractivity contribution in [2.75, 3.05) is 0 Å². The van der Waals surface area contributed by atoms with Crippen molar-refractivity contribution in [1.29, 1.82) is 0 Å². The Labute approximate surface area is 228 Å². The third kappa shape index (κ3) is 6.37. The van der Waals surface area contributed by atoms with E-state index in [0.717, 1.165) is 11.1 Å². The molecule has 39 heavy (non-hydrogen) atoms. The number of nitrogens with one attached hydrogen (secondary N) is 1. The Balaban J connectivity index is 1.58. The molecule has 204 valence electrons. The smallest absolute Gasteiger partial charge is 0.395 e. The van der Waals surface area contributed by atoms with Gasteiger partial charge < -0.3 is 19.5 Å². The van der Waals surface area contributed by atoms with Crippen LogP contribution in [0.25, 0.3) is 0 Å². The van der Waals surface area contributed by atoms with Crippen LogP contribution in [-0.4, -0.2) is 30.5 Å². The summed E-state index contributed by atoms with van der Waals surface area (Å²) in [5, 5.41) is 3.23. The lowest BCUT2D eigenvalue weighted by atomic mass is 9.88. The summed E-state index contributed by atoms with van der Waals surface area (Å²) in [7, 11) is 0. The van der Waals surface area contributed by atoms with E-state index in [-0.39, 0.29) is 35.7 Å². The molecule has 5 nitrogen and oxygen atoms in total. The minimum Gasteiger partial charge on any atom is -0.395 e. The number of allylic oxidation sites excluding steroid dienone is 8. The van der Waals surface area contributed by atoms with Crippen LogP contribution >= 0.6 is 0 Å². The fraction of sp³-hybridized carbons (Fsp3) is 0.281. The molecule has 0 radical (unpaired) electrons. The van der Waals surface area contributed by atoms with Gasteiger partial charge in [-0.25, -0.2) is 0 Å². The monoisotopic (exact) mass is 533 g/mol. The van der Waals surface area contributed by atoms with Gasteiger partial charge in [0.15, 0.2) is 11.5 Å². The second-order valence-electron chi connectivity index (χ2n) is 9.65. The van der Waals surface area contributed by atoms with E-state index in [1.165, 1.54) is 12.1 Å². The first kappa shape index (κ1) is 28.0. The van der Waals surface area contributed by atoms with Gasteiger partial charge in [0.25, 0.3) is 0 Å². The number of amides is 1. The van der Waals surface area contributed by atoms with Crippen LogP contribution in [0.1, 0.15) is 31.2 Å². The number of halogens is 2. The summed E-state index contributed by atoms with van der Waals surface area (Å²) in [6.45, 7) is 15.2. The third-order valence-corrected chi connectivity index (χ3v) is 7.05. The fourth-order valence-electron chi connectivity index (χ4n) is 4.95. The molecule has 0 spiro atoms. The summed E-state index contributed by atoms with van der Waals surface area (Å²) in [5.41, 5.74) is 1.60. The van der Waals surface area contributed by atoms with Crippen molar-refractivity contribution in [1.82, 2.24) is 5.32 Å². The average Bonchev–Trinajstić information content (AvgIpc) is 3.66. The quantitative estimate of drug-likeness (QED) is 0.319. The molecule has 2 aliphatic heterocycles. The summed E-state index contributed by atoms with van der Waals surface area (Å²) in [6, 6.07) is 4.35. The molecule has 3 aliphatic rings. The van der Waals surface area contributed by atoms with Crippen LogP contribution in [0.5, 0.6) is 11.5 Å². The van der Waals surface area contributed by atoms with Crippen LogP contribution in [0.3, 0.4) is 0 Å². The topological polar surface area (TPSA) is 56.8 Å². The van der Waals surface area contributed by atoms with Crippen molar-refractivity contribution in [2.24, 2.45) is 0 Å². The lowest BCUT2D eigenvalue weighted by Crippen LogP contribution is -2.49. The highest BCUT2D eigenvalue weighted by molar-refractivity contribution is 5.91. The van der Waals surface area contributed by atoms with Gasteiger partial charge in [-0.2, -0.15) is 0 Å². The molecule has 0 unspecified atom stereocenters. The van der Waals surface area contributed by atoms with E-state index >= 15 is 0 Å². The molecule has 1 amide bonds. The van der Waals surface area contributed by atoms with Gasteiger partial charge in [0.2, 0.25) is 5.91 Å². The number of benzene rings is 1. The number of carbonyl (C=O) groups excluding carboxylic acids is 1. The summed E-state index contributed by atoms with van der Waals surface area (Å²) in [6.07, 6.45) is 16.0. The first-order valence-electron chi connectivity index (χ1n) is 12.9. The number of carbonyl (C=O) groups is 1. The molecular formula is C32H33F2NO4. The molecular weight excluding hydrogens is 500 g/mol. The lowest BCUT2D eigenvalue weighted by molar-refractivity contribution is -0.286. The predicted molar refractivity (Wildman–Crippen MR) is 149 cm³/mol. The first-order valence-corrected chi connectivity index (χ1v) is 12.9. The molecule has 1 saturated carbocycles. The minimum absolute atomic E-state index is 0.0431. The van der Waals surface area contributed by atoms with E-state index in [0.29, 0.717) is 31.2 Å². The van der Waals surface area contributed by atoms with Crippen molar-refractivity contribution in [3.05, 3.63) is 122 Å². The third-order valence-electron chi connectivity index (χ3n) is 7.05. The second-order valence-corrected chi connectivity index (χ2v) is 9.65. The van der Waals surface area contributed by atoms with Crippen LogP contribution in [0.15, 0.2) is 116 Å². The van der Waals surface area contributed by atoms with Crippen molar-refractivity contribution in [3.63, 3.8) is 0 Å². The van der Waals surface area contributed by atoms with Gasteiger partial charge in [-0.15, -0.1) is 8.78 Å². The van der Waals surface area contributed by atoms with Crippen LogP contribution in [-0.2, 0) is 14.9 Å².